The zero-order chi connectivity index (χ0) is 13.2. The first kappa shape index (κ1) is 13.3. The first-order chi connectivity index (χ1) is 8.49. The van der Waals surface area contributed by atoms with Gasteiger partial charge in [0.2, 0.25) is 5.88 Å². The van der Waals surface area contributed by atoms with E-state index in [0.717, 1.165) is 24.3 Å². The Morgan fingerprint density at radius 2 is 2.22 bits per heavy atom. The summed E-state index contributed by atoms with van der Waals surface area (Å²) in [6.45, 7) is 7.66. The molecule has 0 amide bonds. The van der Waals surface area contributed by atoms with Gasteiger partial charge in [-0.1, -0.05) is 20.8 Å². The van der Waals surface area contributed by atoms with E-state index in [2.05, 4.69) is 25.8 Å². The van der Waals surface area contributed by atoms with Crippen LogP contribution in [0.3, 0.4) is 0 Å². The Balaban J connectivity index is 2.23. The molecule has 1 saturated heterocycles. The highest BCUT2D eigenvalue weighted by molar-refractivity contribution is 5.28. The highest BCUT2D eigenvalue weighted by Gasteiger charge is 2.21. The van der Waals surface area contributed by atoms with Gasteiger partial charge in [-0.2, -0.15) is 0 Å². The Hall–Kier alpha value is -1.13. The van der Waals surface area contributed by atoms with E-state index >= 15 is 0 Å². The van der Waals surface area contributed by atoms with Crippen molar-refractivity contribution >= 4 is 0 Å². The molecule has 0 radical (unpaired) electrons. The summed E-state index contributed by atoms with van der Waals surface area (Å²) in [6, 6.07) is 3.73. The molecule has 1 fully saturated rings. The predicted octanol–water partition coefficient (Wildman–Crippen LogP) is 2.04. The minimum Gasteiger partial charge on any atom is -0.472 e. The van der Waals surface area contributed by atoms with Crippen molar-refractivity contribution in [2.45, 2.75) is 45.3 Å². The van der Waals surface area contributed by atoms with Crippen LogP contribution in [0.4, 0.5) is 0 Å². The summed E-state index contributed by atoms with van der Waals surface area (Å²) in [5.41, 5.74) is 1.71. The normalized spacial score (nSPS) is 20.1. The van der Waals surface area contributed by atoms with E-state index in [1.807, 2.05) is 6.07 Å². The highest BCUT2D eigenvalue weighted by Crippen LogP contribution is 2.25. The molecule has 4 heteroatoms. The van der Waals surface area contributed by atoms with E-state index in [4.69, 9.17) is 9.47 Å². The molecule has 1 aliphatic rings. The van der Waals surface area contributed by atoms with Crippen molar-refractivity contribution in [3.63, 3.8) is 0 Å². The van der Waals surface area contributed by atoms with Crippen LogP contribution in [0.5, 0.6) is 5.88 Å². The van der Waals surface area contributed by atoms with Crippen molar-refractivity contribution in [1.82, 2.24) is 4.98 Å². The fourth-order valence-electron chi connectivity index (χ4n) is 1.87. The van der Waals surface area contributed by atoms with Gasteiger partial charge in [-0.05, 0) is 11.6 Å². The van der Waals surface area contributed by atoms with Gasteiger partial charge in [0.1, 0.15) is 6.10 Å². The van der Waals surface area contributed by atoms with Gasteiger partial charge < -0.3 is 14.6 Å². The topological polar surface area (TPSA) is 51.6 Å². The second-order valence-corrected chi connectivity index (χ2v) is 5.71. The van der Waals surface area contributed by atoms with Gasteiger partial charge in [-0.25, -0.2) is 4.98 Å². The standard InChI is InChI=1S/C14H21NO3/c1-14(2,3)12-6-10(8-16)7-13(15-12)18-11-4-5-17-9-11/h6-7,11,16H,4-5,8-9H2,1-3H3. The van der Waals surface area contributed by atoms with Crippen LogP contribution < -0.4 is 4.74 Å². The average Bonchev–Trinajstić information content (AvgIpc) is 2.80. The quantitative estimate of drug-likeness (QED) is 0.893. The molecule has 4 nitrogen and oxygen atoms in total. The molecule has 2 heterocycles. The number of rotatable bonds is 3. The smallest absolute Gasteiger partial charge is 0.214 e. The molecule has 1 aliphatic heterocycles. The molecule has 1 aromatic rings. The van der Waals surface area contributed by atoms with Gasteiger partial charge in [-0.3, -0.25) is 0 Å². The summed E-state index contributed by atoms with van der Waals surface area (Å²) in [6.07, 6.45) is 0.981. The van der Waals surface area contributed by atoms with Crippen LogP contribution in [0.2, 0.25) is 0 Å². The molecular weight excluding hydrogens is 230 g/mol. The van der Waals surface area contributed by atoms with Crippen LogP contribution >= 0.6 is 0 Å². The van der Waals surface area contributed by atoms with E-state index in [-0.39, 0.29) is 18.1 Å². The van der Waals surface area contributed by atoms with Crippen molar-refractivity contribution in [3.05, 3.63) is 23.4 Å². The van der Waals surface area contributed by atoms with Gasteiger partial charge in [0.25, 0.3) is 0 Å². The monoisotopic (exact) mass is 251 g/mol. The summed E-state index contributed by atoms with van der Waals surface area (Å²) >= 11 is 0. The van der Waals surface area contributed by atoms with Crippen LogP contribution in [0, 0.1) is 0 Å². The Morgan fingerprint density at radius 3 is 2.78 bits per heavy atom. The van der Waals surface area contributed by atoms with Crippen LogP contribution in [0.1, 0.15) is 38.4 Å². The first-order valence-electron chi connectivity index (χ1n) is 6.36. The lowest BCUT2D eigenvalue weighted by atomic mass is 9.91. The number of aromatic nitrogens is 1. The number of aliphatic hydroxyl groups is 1. The summed E-state index contributed by atoms with van der Waals surface area (Å²) in [7, 11) is 0. The van der Waals surface area contributed by atoms with Gasteiger partial charge in [-0.15, -0.1) is 0 Å². The summed E-state index contributed by atoms with van der Waals surface area (Å²) < 4.78 is 11.1. The lowest BCUT2D eigenvalue weighted by Gasteiger charge is -2.20. The van der Waals surface area contributed by atoms with E-state index in [9.17, 15) is 5.11 Å². The zero-order valence-electron chi connectivity index (χ0n) is 11.3. The van der Waals surface area contributed by atoms with Crippen molar-refractivity contribution in [2.75, 3.05) is 13.2 Å². The third kappa shape index (κ3) is 3.21. The number of hydrogen-bond donors (Lipinski definition) is 1. The molecule has 1 atom stereocenters. The fraction of sp³-hybridized carbons (Fsp3) is 0.643. The maximum absolute atomic E-state index is 9.31. The van der Waals surface area contributed by atoms with Gasteiger partial charge in [0.15, 0.2) is 0 Å². The van der Waals surface area contributed by atoms with Crippen molar-refractivity contribution in [3.8, 4) is 5.88 Å². The maximum Gasteiger partial charge on any atom is 0.214 e. The molecular formula is C14H21NO3. The third-order valence-electron chi connectivity index (χ3n) is 2.99. The third-order valence-corrected chi connectivity index (χ3v) is 2.99. The van der Waals surface area contributed by atoms with Crippen LogP contribution in [-0.4, -0.2) is 29.4 Å². The molecule has 1 N–H and O–H groups in total. The Morgan fingerprint density at radius 1 is 1.44 bits per heavy atom. The summed E-state index contributed by atoms with van der Waals surface area (Å²) in [5.74, 6) is 0.585. The van der Waals surface area contributed by atoms with Crippen LogP contribution in [0.25, 0.3) is 0 Å². The molecule has 100 valence electrons. The lowest BCUT2D eigenvalue weighted by molar-refractivity contribution is 0.137. The van der Waals surface area contributed by atoms with E-state index in [0.29, 0.717) is 12.5 Å². The molecule has 2 rings (SSSR count). The number of hydrogen-bond acceptors (Lipinski definition) is 4. The average molecular weight is 251 g/mol. The highest BCUT2D eigenvalue weighted by atomic mass is 16.5. The lowest BCUT2D eigenvalue weighted by Crippen LogP contribution is -2.19. The van der Waals surface area contributed by atoms with Crippen LogP contribution in [0.15, 0.2) is 12.1 Å². The molecule has 1 unspecified atom stereocenters. The van der Waals surface area contributed by atoms with Gasteiger partial charge in [0.05, 0.1) is 25.5 Å². The maximum atomic E-state index is 9.31. The second-order valence-electron chi connectivity index (χ2n) is 5.71. The minimum absolute atomic E-state index is 0.00310. The van der Waals surface area contributed by atoms with Gasteiger partial charge in [0, 0.05) is 17.9 Å². The van der Waals surface area contributed by atoms with Gasteiger partial charge >= 0.3 is 0 Å². The number of pyridine rings is 1. The summed E-state index contributed by atoms with van der Waals surface area (Å²) in [5, 5.41) is 9.31. The largest absolute Gasteiger partial charge is 0.472 e. The summed E-state index contributed by atoms with van der Waals surface area (Å²) in [4.78, 5) is 4.53. The van der Waals surface area contributed by atoms with E-state index in [1.165, 1.54) is 0 Å². The predicted molar refractivity (Wildman–Crippen MR) is 68.7 cm³/mol. The minimum atomic E-state index is -0.0601. The molecule has 0 aromatic carbocycles. The van der Waals surface area contributed by atoms with E-state index in [1.54, 1.807) is 6.07 Å². The first-order valence-corrected chi connectivity index (χ1v) is 6.36. The molecule has 0 bridgehead atoms. The molecule has 0 aliphatic carbocycles. The Labute approximate surface area is 108 Å². The number of nitrogens with zero attached hydrogens (tertiary/aromatic N) is 1. The molecule has 0 saturated carbocycles. The number of aliphatic hydroxyl groups excluding tert-OH is 1. The zero-order valence-corrected chi connectivity index (χ0v) is 11.3. The second kappa shape index (κ2) is 5.24. The molecule has 0 spiro atoms. The fourth-order valence-corrected chi connectivity index (χ4v) is 1.87. The van der Waals surface area contributed by atoms with Crippen LogP contribution in [-0.2, 0) is 16.8 Å². The van der Waals surface area contributed by atoms with Crippen molar-refractivity contribution in [1.29, 1.82) is 0 Å². The Kier molecular flexibility index (Phi) is 3.88. The van der Waals surface area contributed by atoms with Crippen molar-refractivity contribution in [2.24, 2.45) is 0 Å². The molecule has 18 heavy (non-hydrogen) atoms. The Bertz CT molecular complexity index is 406. The SMILES string of the molecule is CC(C)(C)c1cc(CO)cc(OC2CCOC2)n1. The molecule has 1 aromatic heterocycles. The number of ether oxygens (including phenoxy) is 2. The van der Waals surface area contributed by atoms with E-state index < -0.39 is 0 Å². The van der Waals surface area contributed by atoms with Crippen molar-refractivity contribution < 1.29 is 14.6 Å².